The Kier molecular flexibility index (Phi) is 41.0. The van der Waals surface area contributed by atoms with Crippen molar-refractivity contribution in [2.24, 2.45) is 0 Å². The minimum Gasteiger partial charge on any atom is -0.457 e. The molecular formula is C54H95O12P. The lowest BCUT2D eigenvalue weighted by molar-refractivity contribution is -0.220. The highest BCUT2D eigenvalue weighted by molar-refractivity contribution is 7.47. The van der Waals surface area contributed by atoms with Crippen molar-refractivity contribution >= 4 is 13.8 Å². The van der Waals surface area contributed by atoms with Crippen LogP contribution in [-0.2, 0) is 27.9 Å². The SMILES string of the molecule is CC/C=C\C/C=C\C/C=C\C/C=C\C/C=C\C/C=C\CCCCC(=O)OC(COCCCCCCCCCCCCCCCCCCCCC)COP(=O)(O)OC1C(O)C(O)C(O)C(O)C1O. The number of esters is 1. The maximum atomic E-state index is 12.9. The predicted molar refractivity (Wildman–Crippen MR) is 271 cm³/mol. The molecule has 0 spiro atoms. The first kappa shape index (κ1) is 62.8. The Morgan fingerprint density at radius 1 is 0.493 bits per heavy atom. The van der Waals surface area contributed by atoms with Gasteiger partial charge >= 0.3 is 13.8 Å². The summed E-state index contributed by atoms with van der Waals surface area (Å²) in [4.78, 5) is 23.2. The number of carbonyl (C=O) groups excluding carboxylic acids is 1. The Balaban J connectivity index is 2.38. The number of aliphatic hydroxyl groups is 5. The van der Waals surface area contributed by atoms with Gasteiger partial charge in [-0.2, -0.15) is 0 Å². The van der Waals surface area contributed by atoms with Gasteiger partial charge in [0.05, 0.1) is 13.2 Å². The van der Waals surface area contributed by atoms with Gasteiger partial charge in [-0.3, -0.25) is 13.8 Å². The van der Waals surface area contributed by atoms with Crippen molar-refractivity contribution in [3.63, 3.8) is 0 Å². The molecular weight excluding hydrogens is 872 g/mol. The monoisotopic (exact) mass is 967 g/mol. The molecule has 1 rings (SSSR count). The zero-order valence-corrected chi connectivity index (χ0v) is 42.6. The van der Waals surface area contributed by atoms with Crippen molar-refractivity contribution in [2.45, 2.75) is 243 Å². The standard InChI is InChI=1S/C54H95O12P/c1-3-5-7-9-11-13-15-17-19-21-23-24-25-27-29-31-33-35-37-39-41-43-48(55)65-47(46-64-67(61,62)66-54-52(59)50(57)49(56)51(58)53(54)60)45-63-44-42-40-38-36-34-32-30-28-26-22-20-18-16-14-12-10-8-6-4-2/h5,7,11,13,17,19,23-24,27,29,33,35,47,49-54,56-60H,3-4,6,8-10,12,14-16,18,20-22,25-26,28,30-32,34,36-46H2,1-2H3,(H,61,62)/b7-5-,13-11-,19-17-,24-23-,29-27-,35-33-. The molecule has 1 aliphatic carbocycles. The highest BCUT2D eigenvalue weighted by Gasteiger charge is 2.51. The maximum Gasteiger partial charge on any atom is 0.472 e. The maximum absolute atomic E-state index is 12.9. The van der Waals surface area contributed by atoms with Gasteiger partial charge in [-0.25, -0.2) is 4.57 Å². The van der Waals surface area contributed by atoms with Crippen LogP contribution < -0.4 is 0 Å². The van der Waals surface area contributed by atoms with E-state index in [9.17, 15) is 39.8 Å². The molecule has 1 fully saturated rings. The molecule has 12 nitrogen and oxygen atoms in total. The lowest BCUT2D eigenvalue weighted by Crippen LogP contribution is -2.64. The number of allylic oxidation sites excluding steroid dienone is 12. The summed E-state index contributed by atoms with van der Waals surface area (Å²) >= 11 is 0. The van der Waals surface area contributed by atoms with E-state index in [0.29, 0.717) is 13.0 Å². The number of phosphoric ester groups is 1. The smallest absolute Gasteiger partial charge is 0.457 e. The number of rotatable bonds is 44. The third-order valence-corrected chi connectivity index (χ3v) is 12.8. The molecule has 0 heterocycles. The molecule has 6 atom stereocenters. The van der Waals surface area contributed by atoms with E-state index < -0.39 is 63.1 Å². The summed E-state index contributed by atoms with van der Waals surface area (Å²) < 4.78 is 34.3. The normalized spacial score (nSPS) is 21.9. The summed E-state index contributed by atoms with van der Waals surface area (Å²) in [7, 11) is -5.04. The Morgan fingerprint density at radius 2 is 0.881 bits per heavy atom. The molecule has 388 valence electrons. The van der Waals surface area contributed by atoms with Crippen LogP contribution in [0.4, 0.5) is 0 Å². The zero-order valence-electron chi connectivity index (χ0n) is 41.7. The second kappa shape index (κ2) is 43.8. The molecule has 1 saturated carbocycles. The summed E-state index contributed by atoms with van der Waals surface area (Å²) in [5.74, 6) is -0.518. The first-order chi connectivity index (χ1) is 32.5. The molecule has 13 heteroatoms. The molecule has 6 unspecified atom stereocenters. The zero-order chi connectivity index (χ0) is 49.1. The molecule has 67 heavy (non-hydrogen) atoms. The lowest BCUT2D eigenvalue weighted by Gasteiger charge is -2.41. The topological polar surface area (TPSA) is 192 Å². The minimum absolute atomic E-state index is 0.0956. The van der Waals surface area contributed by atoms with Crippen LogP contribution in [0.15, 0.2) is 72.9 Å². The number of hydrogen-bond acceptors (Lipinski definition) is 11. The van der Waals surface area contributed by atoms with E-state index in [0.717, 1.165) is 70.6 Å². The number of unbranched alkanes of at least 4 members (excludes halogenated alkanes) is 20. The van der Waals surface area contributed by atoms with E-state index in [-0.39, 0.29) is 13.0 Å². The van der Waals surface area contributed by atoms with E-state index in [2.05, 4.69) is 86.8 Å². The molecule has 0 aromatic rings. The van der Waals surface area contributed by atoms with Gasteiger partial charge in [0.15, 0.2) is 0 Å². The summed E-state index contributed by atoms with van der Waals surface area (Å²) in [6.45, 7) is 4.12. The Morgan fingerprint density at radius 3 is 1.31 bits per heavy atom. The molecule has 0 aromatic carbocycles. The fraction of sp³-hybridized carbons (Fsp3) is 0.759. The molecule has 6 N–H and O–H groups in total. The fourth-order valence-corrected chi connectivity index (χ4v) is 8.69. The van der Waals surface area contributed by atoms with E-state index in [1.165, 1.54) is 103 Å². The number of carbonyl (C=O) groups is 1. The van der Waals surface area contributed by atoms with Crippen molar-refractivity contribution in [1.82, 2.24) is 0 Å². The van der Waals surface area contributed by atoms with E-state index in [1.807, 2.05) is 0 Å². The van der Waals surface area contributed by atoms with Crippen LogP contribution in [0.1, 0.15) is 200 Å². The molecule has 0 radical (unpaired) electrons. The molecule has 0 aliphatic heterocycles. The van der Waals surface area contributed by atoms with Crippen LogP contribution in [-0.4, -0.2) is 98.9 Å². The molecule has 0 bridgehead atoms. The number of aliphatic hydroxyl groups excluding tert-OH is 5. The first-order valence-corrected chi connectivity index (χ1v) is 27.8. The predicted octanol–water partition coefficient (Wildman–Crippen LogP) is 11.9. The number of ether oxygens (including phenoxy) is 2. The molecule has 0 saturated heterocycles. The van der Waals surface area contributed by atoms with Gasteiger partial charge in [0, 0.05) is 13.0 Å². The summed E-state index contributed by atoms with van der Waals surface area (Å²) in [6.07, 6.45) is 45.4. The average Bonchev–Trinajstić information content (AvgIpc) is 3.31. The van der Waals surface area contributed by atoms with E-state index >= 15 is 0 Å². The van der Waals surface area contributed by atoms with Gasteiger partial charge in [0.1, 0.15) is 42.7 Å². The van der Waals surface area contributed by atoms with Crippen molar-refractivity contribution < 1.29 is 58.3 Å². The third-order valence-electron chi connectivity index (χ3n) is 11.8. The van der Waals surface area contributed by atoms with Crippen LogP contribution in [0.25, 0.3) is 0 Å². The quantitative estimate of drug-likeness (QED) is 0.0147. The summed E-state index contributed by atoms with van der Waals surface area (Å²) in [5, 5.41) is 50.3. The fourth-order valence-electron chi connectivity index (χ4n) is 7.71. The van der Waals surface area contributed by atoms with Crippen molar-refractivity contribution in [3.8, 4) is 0 Å². The molecule has 1 aliphatic rings. The van der Waals surface area contributed by atoms with Crippen molar-refractivity contribution in [1.29, 1.82) is 0 Å². The average molecular weight is 967 g/mol. The van der Waals surface area contributed by atoms with Gasteiger partial charge in [0.2, 0.25) is 0 Å². The lowest BCUT2D eigenvalue weighted by atomic mass is 9.85. The largest absolute Gasteiger partial charge is 0.472 e. The van der Waals surface area contributed by atoms with E-state index in [4.69, 9.17) is 18.5 Å². The number of phosphoric acid groups is 1. The van der Waals surface area contributed by atoms with Gasteiger partial charge in [-0.15, -0.1) is 0 Å². The minimum atomic E-state index is -5.04. The highest BCUT2D eigenvalue weighted by Crippen LogP contribution is 2.47. The molecule has 0 aromatic heterocycles. The summed E-state index contributed by atoms with van der Waals surface area (Å²) in [6, 6.07) is 0. The first-order valence-electron chi connectivity index (χ1n) is 26.3. The highest BCUT2D eigenvalue weighted by atomic mass is 31.2. The van der Waals surface area contributed by atoms with Crippen LogP contribution in [0.5, 0.6) is 0 Å². The van der Waals surface area contributed by atoms with Gasteiger partial charge in [-0.05, 0) is 64.2 Å². The van der Waals surface area contributed by atoms with Gasteiger partial charge in [0.25, 0.3) is 0 Å². The Labute approximate surface area is 406 Å². The van der Waals surface area contributed by atoms with Gasteiger partial charge < -0.3 is 39.9 Å². The van der Waals surface area contributed by atoms with E-state index in [1.54, 1.807) is 0 Å². The Bertz CT molecular complexity index is 1380. The molecule has 0 amide bonds. The second-order valence-electron chi connectivity index (χ2n) is 18.0. The van der Waals surface area contributed by atoms with Crippen LogP contribution in [0, 0.1) is 0 Å². The van der Waals surface area contributed by atoms with Crippen LogP contribution in [0.2, 0.25) is 0 Å². The number of hydrogen-bond donors (Lipinski definition) is 6. The third kappa shape index (κ3) is 35.5. The van der Waals surface area contributed by atoms with Crippen molar-refractivity contribution in [2.75, 3.05) is 19.8 Å². The second-order valence-corrected chi connectivity index (χ2v) is 19.4. The van der Waals surface area contributed by atoms with Crippen LogP contribution >= 0.6 is 7.82 Å². The summed E-state index contributed by atoms with van der Waals surface area (Å²) in [5.41, 5.74) is 0. The van der Waals surface area contributed by atoms with Crippen molar-refractivity contribution in [3.05, 3.63) is 72.9 Å². The van der Waals surface area contributed by atoms with Crippen LogP contribution in [0.3, 0.4) is 0 Å². The van der Waals surface area contributed by atoms with Gasteiger partial charge in [-0.1, -0.05) is 202 Å². The Hall–Kier alpha value is -2.22.